The second-order valence-corrected chi connectivity index (χ2v) is 13.3. The molecule has 0 saturated heterocycles. The van der Waals surface area contributed by atoms with Gasteiger partial charge in [0.2, 0.25) is 0 Å². The topological polar surface area (TPSA) is 23.0 Å². The van der Waals surface area contributed by atoms with Crippen LogP contribution in [0.2, 0.25) is 0 Å². The Hall–Kier alpha value is -6.84. The first-order valence-electron chi connectivity index (χ1n) is 17.4. The summed E-state index contributed by atoms with van der Waals surface area (Å²) < 4.78 is 11.0. The molecule has 0 atom stereocenters. The minimum Gasteiger partial charge on any atom is -0.456 e. The largest absolute Gasteiger partial charge is 0.456 e. The van der Waals surface area contributed by atoms with Crippen molar-refractivity contribution in [1.82, 2.24) is 9.13 Å². The van der Waals surface area contributed by atoms with E-state index in [1.54, 1.807) is 0 Å². The van der Waals surface area contributed by atoms with Gasteiger partial charge in [-0.1, -0.05) is 103 Å². The molecule has 0 N–H and O–H groups in total. The van der Waals surface area contributed by atoms with Crippen LogP contribution in [0.15, 0.2) is 186 Å². The minimum atomic E-state index is 0.909. The van der Waals surface area contributed by atoms with Crippen molar-refractivity contribution in [3.05, 3.63) is 182 Å². The monoisotopic (exact) mass is 650 g/mol. The molecule has 0 aliphatic carbocycles. The fourth-order valence-electron chi connectivity index (χ4n) is 8.25. The number of hydrogen-bond acceptors (Lipinski definition) is 1. The molecule has 11 aromatic rings. The Morgan fingerprint density at radius 2 is 0.784 bits per heavy atom. The van der Waals surface area contributed by atoms with Crippen LogP contribution in [0.1, 0.15) is 0 Å². The van der Waals surface area contributed by atoms with Crippen molar-refractivity contribution >= 4 is 65.6 Å². The lowest BCUT2D eigenvalue weighted by atomic mass is 9.97. The molecule has 0 aliphatic rings. The number of aromatic nitrogens is 2. The number of benzene rings is 8. The quantitative estimate of drug-likeness (QED) is 0.186. The Morgan fingerprint density at radius 1 is 0.314 bits per heavy atom. The number of furan rings is 1. The molecule has 0 radical (unpaired) electrons. The molecule has 0 amide bonds. The fourth-order valence-corrected chi connectivity index (χ4v) is 8.25. The SMILES string of the molecule is c1ccc(-n2c3ccccc3c3cc(-c4ccc5c(c4)c4cc(-c6cccc7oc8ccccc8c67)ccc4n5-c4ccccc4)ccc32)cc1. The van der Waals surface area contributed by atoms with Gasteiger partial charge in [0, 0.05) is 43.7 Å². The molecule has 0 saturated carbocycles. The maximum absolute atomic E-state index is 6.28. The summed E-state index contributed by atoms with van der Waals surface area (Å²) in [6.07, 6.45) is 0. The summed E-state index contributed by atoms with van der Waals surface area (Å²) in [5, 5.41) is 7.25. The summed E-state index contributed by atoms with van der Waals surface area (Å²) in [5.41, 5.74) is 13.7. The average Bonchev–Trinajstić information content (AvgIpc) is 3.85. The van der Waals surface area contributed by atoms with Gasteiger partial charge in [-0.05, 0) is 101 Å². The molecule has 11 rings (SSSR count). The zero-order valence-electron chi connectivity index (χ0n) is 27.6. The van der Waals surface area contributed by atoms with Gasteiger partial charge < -0.3 is 13.6 Å². The summed E-state index contributed by atoms with van der Waals surface area (Å²) in [6.45, 7) is 0. The highest BCUT2D eigenvalue weighted by Gasteiger charge is 2.18. The molecule has 8 aromatic carbocycles. The van der Waals surface area contributed by atoms with E-state index in [9.17, 15) is 0 Å². The molecular weight excluding hydrogens is 621 g/mol. The second-order valence-electron chi connectivity index (χ2n) is 13.3. The lowest BCUT2D eigenvalue weighted by molar-refractivity contribution is 0.669. The molecule has 3 nitrogen and oxygen atoms in total. The van der Waals surface area contributed by atoms with Gasteiger partial charge in [-0.2, -0.15) is 0 Å². The van der Waals surface area contributed by atoms with Crippen LogP contribution in [0.25, 0.3) is 99.2 Å². The van der Waals surface area contributed by atoms with Crippen molar-refractivity contribution in [3.8, 4) is 33.6 Å². The lowest BCUT2D eigenvalue weighted by Gasteiger charge is -2.09. The normalized spacial score (nSPS) is 11.9. The summed E-state index contributed by atoms with van der Waals surface area (Å²) >= 11 is 0. The minimum absolute atomic E-state index is 0.909. The van der Waals surface area contributed by atoms with E-state index < -0.39 is 0 Å². The number of para-hydroxylation sites is 4. The molecule has 3 heteroatoms. The standard InChI is InChI=1S/C48H30N2O/c1-3-12-34(13-4-1)49-42-19-9-7-16-37(42)39-28-31(22-25-43(39)49)32-23-26-44-40(29-32)41-30-33(24-27-45(41)50(44)35-14-5-2-6-15-35)36-18-11-21-47-48(36)38-17-8-10-20-46(38)51-47/h1-30H. The van der Waals surface area contributed by atoms with Crippen molar-refractivity contribution in [3.63, 3.8) is 0 Å². The Morgan fingerprint density at radius 3 is 1.43 bits per heavy atom. The Kier molecular flexibility index (Phi) is 5.96. The fraction of sp³-hybridized carbons (Fsp3) is 0. The Bertz CT molecular complexity index is 3130. The van der Waals surface area contributed by atoms with Gasteiger partial charge >= 0.3 is 0 Å². The average molecular weight is 651 g/mol. The van der Waals surface area contributed by atoms with Crippen molar-refractivity contribution < 1.29 is 4.42 Å². The Labute approximate surface area is 293 Å². The molecule has 0 unspecified atom stereocenters. The van der Waals surface area contributed by atoms with Crippen LogP contribution in [0, 0.1) is 0 Å². The summed E-state index contributed by atoms with van der Waals surface area (Å²) in [4.78, 5) is 0. The van der Waals surface area contributed by atoms with Crippen molar-refractivity contribution in [1.29, 1.82) is 0 Å². The van der Waals surface area contributed by atoms with Crippen molar-refractivity contribution in [2.75, 3.05) is 0 Å². The number of fused-ring (bicyclic) bond motifs is 9. The highest BCUT2D eigenvalue weighted by Crippen LogP contribution is 2.41. The van der Waals surface area contributed by atoms with E-state index in [1.807, 2.05) is 12.1 Å². The zero-order chi connectivity index (χ0) is 33.5. The number of hydrogen-bond donors (Lipinski definition) is 0. The van der Waals surface area contributed by atoms with Gasteiger partial charge in [0.15, 0.2) is 0 Å². The van der Waals surface area contributed by atoms with Gasteiger partial charge in [0.25, 0.3) is 0 Å². The molecule has 3 aromatic heterocycles. The van der Waals surface area contributed by atoms with Crippen LogP contribution < -0.4 is 0 Å². The van der Waals surface area contributed by atoms with Gasteiger partial charge in [-0.25, -0.2) is 0 Å². The maximum Gasteiger partial charge on any atom is 0.136 e. The van der Waals surface area contributed by atoms with Gasteiger partial charge in [0.1, 0.15) is 11.2 Å². The van der Waals surface area contributed by atoms with Gasteiger partial charge in [-0.3, -0.25) is 0 Å². The smallest absolute Gasteiger partial charge is 0.136 e. The third kappa shape index (κ3) is 4.19. The van der Waals surface area contributed by atoms with E-state index in [2.05, 4.69) is 179 Å². The molecule has 3 heterocycles. The first-order valence-corrected chi connectivity index (χ1v) is 17.4. The van der Waals surface area contributed by atoms with E-state index in [-0.39, 0.29) is 0 Å². The molecule has 0 fully saturated rings. The molecule has 0 spiro atoms. The van der Waals surface area contributed by atoms with E-state index in [0.29, 0.717) is 0 Å². The first-order chi connectivity index (χ1) is 25.3. The highest BCUT2D eigenvalue weighted by molar-refractivity contribution is 6.16. The van der Waals surface area contributed by atoms with E-state index in [1.165, 1.54) is 71.6 Å². The van der Waals surface area contributed by atoms with Crippen LogP contribution in [0.4, 0.5) is 0 Å². The first kappa shape index (κ1) is 28.0. The van der Waals surface area contributed by atoms with Crippen molar-refractivity contribution in [2.24, 2.45) is 0 Å². The predicted octanol–water partition coefficient (Wildman–Crippen LogP) is 13.1. The number of rotatable bonds is 4. The highest BCUT2D eigenvalue weighted by atomic mass is 16.3. The predicted molar refractivity (Wildman–Crippen MR) is 213 cm³/mol. The second kappa shape index (κ2) is 10.8. The maximum atomic E-state index is 6.28. The van der Waals surface area contributed by atoms with Crippen LogP contribution in [0.3, 0.4) is 0 Å². The van der Waals surface area contributed by atoms with E-state index >= 15 is 0 Å². The molecular formula is C48H30N2O. The molecule has 0 bridgehead atoms. The van der Waals surface area contributed by atoms with Gasteiger partial charge in [-0.15, -0.1) is 0 Å². The Balaban J connectivity index is 1.15. The van der Waals surface area contributed by atoms with Crippen LogP contribution in [0.5, 0.6) is 0 Å². The van der Waals surface area contributed by atoms with Crippen LogP contribution in [-0.4, -0.2) is 9.13 Å². The molecule has 51 heavy (non-hydrogen) atoms. The summed E-state index contributed by atoms with van der Waals surface area (Å²) in [7, 11) is 0. The van der Waals surface area contributed by atoms with E-state index in [0.717, 1.165) is 27.6 Å². The van der Waals surface area contributed by atoms with Crippen molar-refractivity contribution in [2.45, 2.75) is 0 Å². The van der Waals surface area contributed by atoms with E-state index in [4.69, 9.17) is 4.42 Å². The third-order valence-corrected chi connectivity index (χ3v) is 10.5. The van der Waals surface area contributed by atoms with Crippen LogP contribution in [-0.2, 0) is 0 Å². The molecule has 0 aliphatic heterocycles. The van der Waals surface area contributed by atoms with Gasteiger partial charge in [0.05, 0.1) is 22.1 Å². The molecule has 238 valence electrons. The lowest BCUT2D eigenvalue weighted by Crippen LogP contribution is -1.93. The summed E-state index contributed by atoms with van der Waals surface area (Å²) in [5.74, 6) is 0. The number of nitrogens with zero attached hydrogens (tertiary/aromatic N) is 2. The third-order valence-electron chi connectivity index (χ3n) is 10.5. The van der Waals surface area contributed by atoms with Crippen LogP contribution >= 0.6 is 0 Å². The summed E-state index contributed by atoms with van der Waals surface area (Å²) in [6, 6.07) is 65.5. The zero-order valence-corrected chi connectivity index (χ0v) is 27.6.